The van der Waals surface area contributed by atoms with Crippen LogP contribution in [0.2, 0.25) is 0 Å². The van der Waals surface area contributed by atoms with Crippen molar-refractivity contribution in [3.63, 3.8) is 0 Å². The van der Waals surface area contributed by atoms with Crippen molar-refractivity contribution in [1.82, 2.24) is 0 Å². The van der Waals surface area contributed by atoms with Crippen LogP contribution in [0.1, 0.15) is 37.5 Å². The van der Waals surface area contributed by atoms with Crippen molar-refractivity contribution in [3.8, 4) is 34.5 Å². The van der Waals surface area contributed by atoms with Gasteiger partial charge in [-0.15, -0.1) is 11.3 Å². The molecule has 0 unspecified atom stereocenters. The smallest absolute Gasteiger partial charge is 0.254 e. The van der Waals surface area contributed by atoms with Gasteiger partial charge in [-0.1, -0.05) is 39.0 Å². The fourth-order valence-corrected chi connectivity index (χ4v) is 9.78. The van der Waals surface area contributed by atoms with E-state index in [1.807, 2.05) is 17.4 Å². The lowest BCUT2D eigenvalue weighted by molar-refractivity contribution is 0.173. The van der Waals surface area contributed by atoms with Crippen molar-refractivity contribution in [2.24, 2.45) is 0 Å². The predicted octanol–water partition coefficient (Wildman–Crippen LogP) is 8.08. The minimum absolute atomic E-state index is 0.0163. The largest absolute Gasteiger partial charge is 0.454 e. The first-order chi connectivity index (χ1) is 24.7. The van der Waals surface area contributed by atoms with Crippen LogP contribution >= 0.6 is 11.3 Å². The van der Waals surface area contributed by atoms with Gasteiger partial charge in [0.25, 0.3) is 6.71 Å². The molecule has 1 aromatic heterocycles. The Morgan fingerprint density at radius 2 is 1.35 bits per heavy atom. The third kappa shape index (κ3) is 3.96. The molecule has 252 valence electrons. The molecular formula is C41H33BN2O6S. The Morgan fingerprint density at radius 3 is 2.16 bits per heavy atom. The molecule has 8 nitrogen and oxygen atoms in total. The van der Waals surface area contributed by atoms with E-state index in [-0.39, 0.29) is 32.5 Å². The Bertz CT molecular complexity index is 2520. The van der Waals surface area contributed by atoms with Crippen molar-refractivity contribution in [3.05, 3.63) is 89.5 Å². The lowest BCUT2D eigenvalue weighted by Crippen LogP contribution is -2.61. The molecule has 0 atom stereocenters. The van der Waals surface area contributed by atoms with E-state index in [9.17, 15) is 0 Å². The van der Waals surface area contributed by atoms with Crippen LogP contribution in [-0.4, -0.2) is 27.1 Å². The van der Waals surface area contributed by atoms with Crippen molar-refractivity contribution in [1.29, 1.82) is 0 Å². The second-order valence-corrected chi connectivity index (χ2v) is 15.8. The molecule has 0 spiro atoms. The topological polar surface area (TPSA) is 61.9 Å². The molecule has 6 heterocycles. The summed E-state index contributed by atoms with van der Waals surface area (Å²) < 4.78 is 36.9. The Kier molecular flexibility index (Phi) is 5.78. The maximum absolute atomic E-state index is 6.08. The van der Waals surface area contributed by atoms with E-state index >= 15 is 0 Å². The van der Waals surface area contributed by atoms with E-state index in [1.165, 1.54) is 31.6 Å². The van der Waals surface area contributed by atoms with Gasteiger partial charge in [0.1, 0.15) is 0 Å². The van der Waals surface area contributed by atoms with Gasteiger partial charge in [0, 0.05) is 39.5 Å². The van der Waals surface area contributed by atoms with Crippen molar-refractivity contribution >= 4 is 78.0 Å². The summed E-state index contributed by atoms with van der Waals surface area (Å²) in [6.07, 6.45) is 0. The highest BCUT2D eigenvalue weighted by Crippen LogP contribution is 2.53. The van der Waals surface area contributed by atoms with Gasteiger partial charge in [0.05, 0.1) is 16.4 Å². The Hall–Kier alpha value is -5.48. The number of hydrogen-bond donors (Lipinski definition) is 0. The standard InChI is InChI=1S/C41H33BN2O6S/c1-21-13-34-39(50-20-49-34)22(2)38(21)44-28-8-6-7-27-37(28)42(36-25-14-23(41(3,4)5)9-12-35(25)51-40(36)44)26-16-32-33(48-19-47-32)17-29(26)43(27)24-10-11-30-31(15-24)46-18-45-30/h6-17H,18-20H2,1-5H3. The quantitative estimate of drug-likeness (QED) is 0.169. The van der Waals surface area contributed by atoms with Crippen molar-refractivity contribution in [2.75, 3.05) is 30.2 Å². The molecule has 10 heteroatoms. The first-order valence-electron chi connectivity index (χ1n) is 17.3. The first kappa shape index (κ1) is 29.3. The molecule has 0 saturated heterocycles. The molecular weight excluding hydrogens is 659 g/mol. The van der Waals surface area contributed by atoms with Gasteiger partial charge in [0.15, 0.2) is 34.5 Å². The zero-order valence-corrected chi connectivity index (χ0v) is 29.7. The normalized spacial score (nSPS) is 15.7. The van der Waals surface area contributed by atoms with Gasteiger partial charge >= 0.3 is 0 Å². The monoisotopic (exact) mass is 692 g/mol. The van der Waals surface area contributed by atoms with E-state index in [2.05, 4.69) is 111 Å². The predicted molar refractivity (Wildman–Crippen MR) is 202 cm³/mol. The first-order valence-corrected chi connectivity index (χ1v) is 18.1. The number of ether oxygens (including phenoxy) is 6. The molecule has 5 aliphatic heterocycles. The van der Waals surface area contributed by atoms with Crippen LogP contribution in [0, 0.1) is 13.8 Å². The van der Waals surface area contributed by atoms with Gasteiger partial charge in [-0.25, -0.2) is 0 Å². The lowest BCUT2D eigenvalue weighted by Gasteiger charge is -2.43. The highest BCUT2D eigenvalue weighted by molar-refractivity contribution is 7.26. The number of nitrogens with zero attached hydrogens (tertiary/aromatic N) is 2. The highest BCUT2D eigenvalue weighted by atomic mass is 32.1. The third-order valence-corrected chi connectivity index (χ3v) is 12.0. The van der Waals surface area contributed by atoms with Crippen LogP contribution in [0.15, 0.2) is 72.8 Å². The van der Waals surface area contributed by atoms with Gasteiger partial charge in [-0.05, 0) is 94.6 Å². The van der Waals surface area contributed by atoms with Crippen LogP contribution in [0.3, 0.4) is 0 Å². The molecule has 0 N–H and O–H groups in total. The van der Waals surface area contributed by atoms with Crippen LogP contribution in [-0.2, 0) is 5.41 Å². The second kappa shape index (κ2) is 10.1. The molecule has 0 radical (unpaired) electrons. The number of anilines is 6. The second-order valence-electron chi connectivity index (χ2n) is 14.8. The van der Waals surface area contributed by atoms with Crippen LogP contribution in [0.4, 0.5) is 33.4 Å². The number of aryl methyl sites for hydroxylation is 1. The zero-order chi connectivity index (χ0) is 34.3. The molecule has 0 saturated carbocycles. The summed E-state index contributed by atoms with van der Waals surface area (Å²) in [5.41, 5.74) is 12.5. The Balaban J connectivity index is 1.26. The van der Waals surface area contributed by atoms with Crippen molar-refractivity contribution < 1.29 is 28.4 Å². The van der Waals surface area contributed by atoms with E-state index in [1.54, 1.807) is 0 Å². The zero-order valence-electron chi connectivity index (χ0n) is 28.9. The molecule has 5 aliphatic rings. The van der Waals surface area contributed by atoms with Crippen LogP contribution < -0.4 is 54.6 Å². The number of fused-ring (bicyclic) bond motifs is 9. The van der Waals surface area contributed by atoms with Gasteiger partial charge in [-0.3, -0.25) is 0 Å². The summed E-state index contributed by atoms with van der Waals surface area (Å²) in [7, 11) is 0. The van der Waals surface area contributed by atoms with E-state index in [0.717, 1.165) is 79.5 Å². The summed E-state index contributed by atoms with van der Waals surface area (Å²) in [6, 6.07) is 26.3. The summed E-state index contributed by atoms with van der Waals surface area (Å²) in [5, 5.41) is 2.48. The molecule has 5 aromatic carbocycles. The summed E-state index contributed by atoms with van der Waals surface area (Å²) in [4.78, 5) is 4.82. The van der Waals surface area contributed by atoms with Crippen LogP contribution in [0.5, 0.6) is 34.5 Å². The minimum Gasteiger partial charge on any atom is -0.454 e. The molecule has 6 aromatic rings. The van der Waals surface area contributed by atoms with Gasteiger partial charge < -0.3 is 38.2 Å². The average Bonchev–Trinajstić information content (AvgIpc) is 3.93. The third-order valence-electron chi connectivity index (χ3n) is 10.9. The fraction of sp³-hybridized carbons (Fsp3) is 0.220. The summed E-state index contributed by atoms with van der Waals surface area (Å²) in [5.74, 6) is 4.59. The fourth-order valence-electron chi connectivity index (χ4n) is 8.53. The number of rotatable bonds is 2. The summed E-state index contributed by atoms with van der Waals surface area (Å²) >= 11 is 1.85. The molecule has 0 aliphatic carbocycles. The molecule has 11 rings (SSSR count). The van der Waals surface area contributed by atoms with Crippen LogP contribution in [0.25, 0.3) is 10.1 Å². The minimum atomic E-state index is -0.0733. The van der Waals surface area contributed by atoms with E-state index in [4.69, 9.17) is 28.4 Å². The van der Waals surface area contributed by atoms with Crippen molar-refractivity contribution in [2.45, 2.75) is 40.0 Å². The molecule has 51 heavy (non-hydrogen) atoms. The lowest BCUT2D eigenvalue weighted by atomic mass is 9.33. The SMILES string of the molecule is Cc1cc2c(c(C)c1N1c3cccc4c3B(c3cc5c(cc3N4c3ccc4c(c3)OCO4)OCO5)c3c1sc1ccc(C(C)(C)C)cc31)OCO2. The van der Waals surface area contributed by atoms with E-state index < -0.39 is 0 Å². The summed E-state index contributed by atoms with van der Waals surface area (Å²) in [6.45, 7) is 11.7. The maximum Gasteiger partial charge on any atom is 0.254 e. The number of thiophene rings is 1. The number of hydrogen-bond acceptors (Lipinski definition) is 9. The number of benzene rings is 5. The molecule has 0 fully saturated rings. The van der Waals surface area contributed by atoms with E-state index in [0.29, 0.717) is 0 Å². The molecule has 0 amide bonds. The van der Waals surface area contributed by atoms with Gasteiger partial charge in [0.2, 0.25) is 20.4 Å². The average molecular weight is 693 g/mol. The molecule has 0 bridgehead atoms. The Labute approximate surface area is 299 Å². The highest BCUT2D eigenvalue weighted by Gasteiger charge is 2.47. The Morgan fingerprint density at radius 1 is 0.647 bits per heavy atom. The van der Waals surface area contributed by atoms with Gasteiger partial charge in [-0.2, -0.15) is 0 Å². The maximum atomic E-state index is 6.08.